The third kappa shape index (κ3) is 4.25. The predicted molar refractivity (Wildman–Crippen MR) is 90.6 cm³/mol. The molecule has 0 fully saturated rings. The van der Waals surface area contributed by atoms with Crippen LogP contribution in [0, 0.1) is 0 Å². The maximum absolute atomic E-state index is 12.4. The summed E-state index contributed by atoms with van der Waals surface area (Å²) in [5.41, 5.74) is 0.960. The topological polar surface area (TPSA) is 38.3 Å². The van der Waals surface area contributed by atoms with Gasteiger partial charge >= 0.3 is 0 Å². The monoisotopic (exact) mass is 317 g/mol. The Kier molecular flexibility index (Phi) is 5.09. The van der Waals surface area contributed by atoms with Crippen molar-refractivity contribution < 1.29 is 9.53 Å². The maximum atomic E-state index is 12.4. The molecule has 0 aliphatic rings. The quantitative estimate of drug-likeness (QED) is 0.868. The van der Waals surface area contributed by atoms with E-state index < -0.39 is 5.60 Å². The van der Waals surface area contributed by atoms with Gasteiger partial charge < -0.3 is 10.1 Å². The van der Waals surface area contributed by atoms with E-state index in [-0.39, 0.29) is 5.91 Å². The van der Waals surface area contributed by atoms with Crippen LogP contribution in [0.5, 0.6) is 5.75 Å². The van der Waals surface area contributed by atoms with E-state index in [9.17, 15) is 4.79 Å². The lowest BCUT2D eigenvalue weighted by Gasteiger charge is -2.25. The summed E-state index contributed by atoms with van der Waals surface area (Å²) in [6.45, 7) is 5.55. The lowest BCUT2D eigenvalue weighted by atomic mass is 10.1. The Morgan fingerprint density at radius 2 is 1.86 bits per heavy atom. The van der Waals surface area contributed by atoms with E-state index in [1.165, 1.54) is 5.56 Å². The fourth-order valence-corrected chi connectivity index (χ4v) is 2.12. The van der Waals surface area contributed by atoms with Crippen molar-refractivity contribution in [3.05, 3.63) is 59.1 Å². The molecule has 116 valence electrons. The molecule has 0 saturated carbocycles. The molecule has 0 unspecified atom stereocenters. The first-order valence-corrected chi connectivity index (χ1v) is 7.63. The van der Waals surface area contributed by atoms with E-state index in [4.69, 9.17) is 16.3 Å². The summed E-state index contributed by atoms with van der Waals surface area (Å²) in [4.78, 5) is 12.4. The highest BCUT2D eigenvalue weighted by molar-refractivity contribution is 6.30. The molecule has 0 aromatic heterocycles. The number of hydrogen-bond acceptors (Lipinski definition) is 2. The van der Waals surface area contributed by atoms with Gasteiger partial charge in [-0.05, 0) is 62.2 Å². The molecule has 1 N–H and O–H groups in total. The number of aryl methyl sites for hydroxylation is 1. The zero-order valence-electron chi connectivity index (χ0n) is 13.0. The molecule has 4 heteroatoms. The van der Waals surface area contributed by atoms with E-state index in [1.54, 1.807) is 38.1 Å². The molecular formula is C18H20ClNO2. The fraction of sp³-hybridized carbons (Fsp3) is 0.278. The molecule has 22 heavy (non-hydrogen) atoms. The van der Waals surface area contributed by atoms with Gasteiger partial charge in [-0.25, -0.2) is 0 Å². The van der Waals surface area contributed by atoms with Crippen LogP contribution in [-0.2, 0) is 11.2 Å². The third-order valence-electron chi connectivity index (χ3n) is 3.33. The minimum absolute atomic E-state index is 0.198. The van der Waals surface area contributed by atoms with E-state index >= 15 is 0 Å². The summed E-state index contributed by atoms with van der Waals surface area (Å²) in [7, 11) is 0. The number of carbonyl (C=O) groups excluding carboxylic acids is 1. The molecule has 2 aromatic carbocycles. The molecule has 3 nitrogen and oxygen atoms in total. The Labute approximate surface area is 136 Å². The predicted octanol–water partition coefficient (Wildman–Crippen LogP) is 4.70. The average Bonchev–Trinajstić information content (AvgIpc) is 2.49. The Balaban J connectivity index is 2.07. The minimum atomic E-state index is -0.990. The number of nitrogens with one attached hydrogen (secondary N) is 1. The minimum Gasteiger partial charge on any atom is -0.478 e. The van der Waals surface area contributed by atoms with Crippen molar-refractivity contribution in [2.45, 2.75) is 32.8 Å². The van der Waals surface area contributed by atoms with Gasteiger partial charge in [0.25, 0.3) is 5.91 Å². The first kappa shape index (κ1) is 16.4. The Morgan fingerprint density at radius 1 is 1.18 bits per heavy atom. The van der Waals surface area contributed by atoms with Gasteiger partial charge in [0.15, 0.2) is 5.60 Å². The molecule has 0 radical (unpaired) electrons. The van der Waals surface area contributed by atoms with Crippen LogP contribution in [0.3, 0.4) is 0 Å². The summed E-state index contributed by atoms with van der Waals surface area (Å²) in [6.07, 6.45) is 0.925. The molecule has 0 bridgehead atoms. The van der Waals surface area contributed by atoms with Crippen molar-refractivity contribution >= 4 is 23.2 Å². The average molecular weight is 318 g/mol. The summed E-state index contributed by atoms with van der Waals surface area (Å²) >= 11 is 5.85. The van der Waals surface area contributed by atoms with Crippen LogP contribution >= 0.6 is 11.6 Å². The summed E-state index contributed by atoms with van der Waals surface area (Å²) in [5.74, 6) is 0.405. The van der Waals surface area contributed by atoms with Crippen LogP contribution < -0.4 is 10.1 Å². The van der Waals surface area contributed by atoms with Crippen LogP contribution in [0.4, 0.5) is 5.69 Å². The SMILES string of the molecule is CCc1cccc(NC(=O)C(C)(C)Oc2ccc(Cl)cc2)c1. The molecule has 0 saturated heterocycles. The van der Waals surface area contributed by atoms with Gasteiger partial charge in [-0.3, -0.25) is 4.79 Å². The Bertz CT molecular complexity index is 650. The summed E-state index contributed by atoms with van der Waals surface area (Å²) in [5, 5.41) is 3.53. The smallest absolute Gasteiger partial charge is 0.267 e. The number of anilines is 1. The number of ether oxygens (including phenoxy) is 1. The van der Waals surface area contributed by atoms with E-state index in [1.807, 2.05) is 24.3 Å². The highest BCUT2D eigenvalue weighted by Gasteiger charge is 2.30. The molecule has 0 spiro atoms. The Morgan fingerprint density at radius 3 is 2.50 bits per heavy atom. The second-order valence-corrected chi connectivity index (χ2v) is 6.01. The van der Waals surface area contributed by atoms with Gasteiger partial charge in [0.2, 0.25) is 0 Å². The van der Waals surface area contributed by atoms with Crippen molar-refractivity contribution in [3.63, 3.8) is 0 Å². The first-order valence-electron chi connectivity index (χ1n) is 7.25. The van der Waals surface area contributed by atoms with Crippen molar-refractivity contribution in [3.8, 4) is 5.75 Å². The number of halogens is 1. The van der Waals surface area contributed by atoms with E-state index in [0.717, 1.165) is 12.1 Å². The van der Waals surface area contributed by atoms with Gasteiger partial charge in [-0.1, -0.05) is 30.7 Å². The molecule has 2 aromatic rings. The van der Waals surface area contributed by atoms with Crippen LogP contribution in [0.2, 0.25) is 5.02 Å². The number of rotatable bonds is 5. The lowest BCUT2D eigenvalue weighted by Crippen LogP contribution is -2.42. The molecule has 1 amide bonds. The van der Waals surface area contributed by atoms with Crippen molar-refractivity contribution in [1.29, 1.82) is 0 Å². The summed E-state index contributed by atoms with van der Waals surface area (Å²) < 4.78 is 5.78. The van der Waals surface area contributed by atoms with Gasteiger partial charge in [-0.15, -0.1) is 0 Å². The van der Waals surface area contributed by atoms with Gasteiger partial charge in [0.05, 0.1) is 0 Å². The van der Waals surface area contributed by atoms with E-state index in [0.29, 0.717) is 10.8 Å². The zero-order valence-corrected chi connectivity index (χ0v) is 13.8. The maximum Gasteiger partial charge on any atom is 0.267 e. The van der Waals surface area contributed by atoms with Crippen LogP contribution in [0.15, 0.2) is 48.5 Å². The van der Waals surface area contributed by atoms with Crippen molar-refractivity contribution in [1.82, 2.24) is 0 Å². The molecular weight excluding hydrogens is 298 g/mol. The molecule has 2 rings (SSSR count). The highest BCUT2D eigenvalue weighted by Crippen LogP contribution is 2.22. The lowest BCUT2D eigenvalue weighted by molar-refractivity contribution is -0.128. The van der Waals surface area contributed by atoms with Crippen LogP contribution in [0.25, 0.3) is 0 Å². The zero-order chi connectivity index (χ0) is 16.2. The summed E-state index contributed by atoms with van der Waals surface area (Å²) in [6, 6.07) is 14.8. The highest BCUT2D eigenvalue weighted by atomic mass is 35.5. The van der Waals surface area contributed by atoms with Gasteiger partial charge in [0.1, 0.15) is 5.75 Å². The van der Waals surface area contributed by atoms with Crippen LogP contribution in [0.1, 0.15) is 26.3 Å². The molecule has 0 heterocycles. The number of amides is 1. The first-order chi connectivity index (χ1) is 10.4. The fourth-order valence-electron chi connectivity index (χ4n) is 1.99. The molecule has 0 aliphatic carbocycles. The largest absolute Gasteiger partial charge is 0.478 e. The van der Waals surface area contributed by atoms with Crippen molar-refractivity contribution in [2.24, 2.45) is 0 Å². The van der Waals surface area contributed by atoms with Gasteiger partial charge in [0, 0.05) is 10.7 Å². The van der Waals surface area contributed by atoms with E-state index in [2.05, 4.69) is 12.2 Å². The standard InChI is InChI=1S/C18H20ClNO2/c1-4-13-6-5-7-15(12-13)20-17(21)18(2,3)22-16-10-8-14(19)9-11-16/h5-12H,4H2,1-3H3,(H,20,21). The number of carbonyl (C=O) groups is 1. The number of hydrogen-bond donors (Lipinski definition) is 1. The van der Waals surface area contributed by atoms with Crippen LogP contribution in [-0.4, -0.2) is 11.5 Å². The second kappa shape index (κ2) is 6.84. The second-order valence-electron chi connectivity index (χ2n) is 5.57. The number of benzene rings is 2. The normalized spacial score (nSPS) is 11.1. The molecule has 0 aliphatic heterocycles. The molecule has 0 atom stereocenters. The van der Waals surface area contributed by atoms with Crippen molar-refractivity contribution in [2.75, 3.05) is 5.32 Å². The Hall–Kier alpha value is -2.00. The van der Waals surface area contributed by atoms with Gasteiger partial charge in [-0.2, -0.15) is 0 Å². The third-order valence-corrected chi connectivity index (χ3v) is 3.58.